The van der Waals surface area contributed by atoms with Crippen LogP contribution < -0.4 is 4.74 Å². The molecule has 0 radical (unpaired) electrons. The summed E-state index contributed by atoms with van der Waals surface area (Å²) in [6.07, 6.45) is 3.69. The van der Waals surface area contributed by atoms with Crippen LogP contribution in [0, 0.1) is 0 Å². The summed E-state index contributed by atoms with van der Waals surface area (Å²) in [4.78, 5) is 14.4. The van der Waals surface area contributed by atoms with Crippen molar-refractivity contribution < 1.29 is 14.6 Å². The van der Waals surface area contributed by atoms with Crippen LogP contribution >= 0.6 is 0 Å². The van der Waals surface area contributed by atoms with E-state index in [9.17, 15) is 9.90 Å². The minimum Gasteiger partial charge on any atom is -0.494 e. The number of carbonyl (C=O) groups is 1. The molecule has 1 amide bonds. The maximum absolute atomic E-state index is 12.4. The number of carbonyl (C=O) groups excluding carboxylic acids is 1. The summed E-state index contributed by atoms with van der Waals surface area (Å²) in [7, 11) is 0. The number of rotatable bonds is 7. The van der Waals surface area contributed by atoms with E-state index in [0.29, 0.717) is 19.4 Å². The number of ether oxygens (including phenoxy) is 1. The van der Waals surface area contributed by atoms with E-state index in [4.69, 9.17) is 4.74 Å². The van der Waals surface area contributed by atoms with Gasteiger partial charge in [0.25, 0.3) is 0 Å². The van der Waals surface area contributed by atoms with E-state index in [1.807, 2.05) is 36.1 Å². The molecule has 1 saturated heterocycles. The van der Waals surface area contributed by atoms with Crippen LogP contribution in [0.25, 0.3) is 0 Å². The van der Waals surface area contributed by atoms with Crippen molar-refractivity contribution in [2.45, 2.75) is 58.1 Å². The molecule has 1 heterocycles. The molecular formula is C18H27NO3. The molecule has 0 aliphatic carbocycles. The lowest BCUT2D eigenvalue weighted by Crippen LogP contribution is -2.37. The molecule has 22 heavy (non-hydrogen) atoms. The van der Waals surface area contributed by atoms with Crippen LogP contribution in [0.1, 0.15) is 45.1 Å². The summed E-state index contributed by atoms with van der Waals surface area (Å²) in [5.41, 5.74) is 1.16. The molecular weight excluding hydrogens is 278 g/mol. The van der Waals surface area contributed by atoms with Gasteiger partial charge in [-0.05, 0) is 57.2 Å². The minimum atomic E-state index is -0.343. The fourth-order valence-electron chi connectivity index (χ4n) is 3.12. The van der Waals surface area contributed by atoms with Gasteiger partial charge in [-0.1, -0.05) is 12.1 Å². The molecule has 0 bridgehead atoms. The monoisotopic (exact) mass is 305 g/mol. The third kappa shape index (κ3) is 4.73. The minimum absolute atomic E-state index is 0.206. The highest BCUT2D eigenvalue weighted by molar-refractivity contribution is 5.77. The van der Waals surface area contributed by atoms with Gasteiger partial charge in [0.05, 0.1) is 12.7 Å². The molecule has 2 unspecified atom stereocenters. The van der Waals surface area contributed by atoms with Gasteiger partial charge in [-0.15, -0.1) is 0 Å². The zero-order valence-electron chi connectivity index (χ0n) is 13.6. The first-order valence-corrected chi connectivity index (χ1v) is 8.29. The molecule has 4 nitrogen and oxygen atoms in total. The van der Waals surface area contributed by atoms with Crippen LogP contribution in [0.15, 0.2) is 24.3 Å². The average molecular weight is 305 g/mol. The van der Waals surface area contributed by atoms with Crippen molar-refractivity contribution >= 4 is 5.91 Å². The van der Waals surface area contributed by atoms with E-state index in [-0.39, 0.29) is 18.1 Å². The number of aliphatic hydroxyl groups is 1. The van der Waals surface area contributed by atoms with Gasteiger partial charge in [0.15, 0.2) is 0 Å². The SMILES string of the molecule is CCOc1ccc(CCC(=O)N2CCCC2CC(C)O)cc1. The van der Waals surface area contributed by atoms with Gasteiger partial charge >= 0.3 is 0 Å². The van der Waals surface area contributed by atoms with Crippen molar-refractivity contribution in [2.24, 2.45) is 0 Å². The van der Waals surface area contributed by atoms with E-state index in [2.05, 4.69) is 0 Å². The van der Waals surface area contributed by atoms with Crippen LogP contribution in [0.3, 0.4) is 0 Å². The van der Waals surface area contributed by atoms with E-state index < -0.39 is 0 Å². The van der Waals surface area contributed by atoms with Gasteiger partial charge in [0, 0.05) is 19.0 Å². The first kappa shape index (κ1) is 16.8. The van der Waals surface area contributed by atoms with Gasteiger partial charge in [-0.3, -0.25) is 4.79 Å². The zero-order chi connectivity index (χ0) is 15.9. The molecule has 0 saturated carbocycles. The Balaban J connectivity index is 1.84. The summed E-state index contributed by atoms with van der Waals surface area (Å²) in [6, 6.07) is 8.17. The van der Waals surface area contributed by atoms with Gasteiger partial charge in [0.1, 0.15) is 5.75 Å². The van der Waals surface area contributed by atoms with Crippen LogP contribution in [-0.2, 0) is 11.2 Å². The fraction of sp³-hybridized carbons (Fsp3) is 0.611. The van der Waals surface area contributed by atoms with Crippen molar-refractivity contribution in [2.75, 3.05) is 13.2 Å². The third-order valence-corrected chi connectivity index (χ3v) is 4.17. The third-order valence-electron chi connectivity index (χ3n) is 4.17. The van der Waals surface area contributed by atoms with Crippen molar-refractivity contribution in [1.29, 1.82) is 0 Å². The highest BCUT2D eigenvalue weighted by Gasteiger charge is 2.28. The molecule has 1 N–H and O–H groups in total. The van der Waals surface area contributed by atoms with E-state index in [1.165, 1.54) is 0 Å². The Bertz CT molecular complexity index is 470. The Morgan fingerprint density at radius 3 is 2.77 bits per heavy atom. The molecule has 1 aliphatic rings. The van der Waals surface area contributed by atoms with Gasteiger partial charge in [-0.2, -0.15) is 0 Å². The number of hydrogen-bond acceptors (Lipinski definition) is 3. The van der Waals surface area contributed by atoms with E-state index in [0.717, 1.165) is 37.1 Å². The molecule has 2 atom stereocenters. The van der Waals surface area contributed by atoms with Crippen LogP contribution in [0.2, 0.25) is 0 Å². The van der Waals surface area contributed by atoms with Gasteiger partial charge in [0.2, 0.25) is 5.91 Å². The number of nitrogens with zero attached hydrogens (tertiary/aromatic N) is 1. The maximum atomic E-state index is 12.4. The fourth-order valence-corrected chi connectivity index (χ4v) is 3.12. The van der Waals surface area contributed by atoms with Crippen LogP contribution in [-0.4, -0.2) is 41.2 Å². The number of hydrogen-bond donors (Lipinski definition) is 1. The second kappa shape index (κ2) is 8.18. The summed E-state index contributed by atoms with van der Waals surface area (Å²) in [5, 5.41) is 9.54. The Hall–Kier alpha value is -1.55. The summed E-state index contributed by atoms with van der Waals surface area (Å²) < 4.78 is 5.42. The number of aryl methyl sites for hydroxylation is 1. The summed E-state index contributed by atoms with van der Waals surface area (Å²) in [6.45, 7) is 5.25. The summed E-state index contributed by atoms with van der Waals surface area (Å²) >= 11 is 0. The average Bonchev–Trinajstić information content (AvgIpc) is 2.94. The largest absolute Gasteiger partial charge is 0.494 e. The lowest BCUT2D eigenvalue weighted by atomic mass is 10.1. The zero-order valence-corrected chi connectivity index (χ0v) is 13.6. The highest BCUT2D eigenvalue weighted by atomic mass is 16.5. The van der Waals surface area contributed by atoms with E-state index >= 15 is 0 Å². The molecule has 1 fully saturated rings. The standard InChI is InChI=1S/C18H27NO3/c1-3-22-17-9-6-15(7-10-17)8-11-18(21)19-12-4-5-16(19)13-14(2)20/h6-7,9-10,14,16,20H,3-5,8,11-13H2,1-2H3. The Labute approximate surface area is 133 Å². The lowest BCUT2D eigenvalue weighted by molar-refractivity contribution is -0.132. The molecule has 2 rings (SSSR count). The molecule has 0 spiro atoms. The predicted molar refractivity (Wildman–Crippen MR) is 87.0 cm³/mol. The Kier molecular flexibility index (Phi) is 6.25. The van der Waals surface area contributed by atoms with Crippen molar-refractivity contribution in [3.63, 3.8) is 0 Å². The van der Waals surface area contributed by atoms with Crippen LogP contribution in [0.4, 0.5) is 0 Å². The normalized spacial score (nSPS) is 19.2. The molecule has 1 aliphatic heterocycles. The lowest BCUT2D eigenvalue weighted by Gasteiger charge is -2.25. The van der Waals surface area contributed by atoms with E-state index in [1.54, 1.807) is 6.92 Å². The Morgan fingerprint density at radius 1 is 1.41 bits per heavy atom. The van der Waals surface area contributed by atoms with Crippen LogP contribution in [0.5, 0.6) is 5.75 Å². The first-order chi connectivity index (χ1) is 10.6. The van der Waals surface area contributed by atoms with Gasteiger partial charge in [-0.25, -0.2) is 0 Å². The molecule has 4 heteroatoms. The molecule has 122 valence electrons. The summed E-state index contributed by atoms with van der Waals surface area (Å²) in [5.74, 6) is 1.08. The van der Waals surface area contributed by atoms with Crippen molar-refractivity contribution in [1.82, 2.24) is 4.90 Å². The van der Waals surface area contributed by atoms with Crippen molar-refractivity contribution in [3.8, 4) is 5.75 Å². The Morgan fingerprint density at radius 2 is 2.14 bits per heavy atom. The smallest absolute Gasteiger partial charge is 0.223 e. The predicted octanol–water partition coefficient (Wildman–Crippen LogP) is 2.78. The first-order valence-electron chi connectivity index (χ1n) is 8.29. The number of benzene rings is 1. The van der Waals surface area contributed by atoms with Crippen molar-refractivity contribution in [3.05, 3.63) is 29.8 Å². The second-order valence-electron chi connectivity index (χ2n) is 6.04. The second-order valence-corrected chi connectivity index (χ2v) is 6.04. The highest BCUT2D eigenvalue weighted by Crippen LogP contribution is 2.23. The topological polar surface area (TPSA) is 49.8 Å². The number of likely N-dealkylation sites (tertiary alicyclic amines) is 1. The maximum Gasteiger partial charge on any atom is 0.223 e. The molecule has 1 aromatic carbocycles. The number of amides is 1. The molecule has 0 aromatic heterocycles. The quantitative estimate of drug-likeness (QED) is 0.842. The molecule has 1 aromatic rings. The van der Waals surface area contributed by atoms with Gasteiger partial charge < -0.3 is 14.7 Å². The number of aliphatic hydroxyl groups excluding tert-OH is 1.